The van der Waals surface area contributed by atoms with Gasteiger partial charge in [-0.3, -0.25) is 4.79 Å². The Kier molecular flexibility index (Phi) is 9.56. The number of carbonyl (C=O) groups excluding carboxylic acids is 2. The van der Waals surface area contributed by atoms with E-state index in [0.717, 1.165) is 27.8 Å². The van der Waals surface area contributed by atoms with E-state index in [0.29, 0.717) is 0 Å². The van der Waals surface area contributed by atoms with E-state index < -0.39 is 36.0 Å². The molecule has 8 heteroatoms. The second kappa shape index (κ2) is 13.3. The number of carboxylic acid groups (broad SMARTS) is 1. The molecular weight excluding hydrogens is 508 g/mol. The van der Waals surface area contributed by atoms with Crippen LogP contribution >= 0.6 is 0 Å². The van der Waals surface area contributed by atoms with Gasteiger partial charge in [-0.25, -0.2) is 9.59 Å². The fourth-order valence-electron chi connectivity index (χ4n) is 5.01. The van der Waals surface area contributed by atoms with E-state index in [1.807, 2.05) is 80.6 Å². The smallest absolute Gasteiger partial charge is 0.407 e. The van der Waals surface area contributed by atoms with Gasteiger partial charge in [0.1, 0.15) is 6.61 Å². The maximum absolute atomic E-state index is 13.1. The number of fused-ring (bicyclic) bond motifs is 3. The number of nitrogens with one attached hydrogen (secondary N) is 2. The average Bonchev–Trinajstić information content (AvgIpc) is 3.27. The zero-order chi connectivity index (χ0) is 28.6. The third-order valence-corrected chi connectivity index (χ3v) is 7.34. The van der Waals surface area contributed by atoms with Crippen LogP contribution in [0, 0.1) is 11.8 Å². The number of benzene rings is 3. The van der Waals surface area contributed by atoms with Gasteiger partial charge in [-0.1, -0.05) is 92.7 Å². The summed E-state index contributed by atoms with van der Waals surface area (Å²) in [6.45, 7) is 5.69. The lowest BCUT2D eigenvalue weighted by Gasteiger charge is -2.26. The van der Waals surface area contributed by atoms with Crippen LogP contribution in [0.3, 0.4) is 0 Å². The van der Waals surface area contributed by atoms with Gasteiger partial charge in [0.05, 0.1) is 18.6 Å². The highest BCUT2D eigenvalue weighted by atomic mass is 16.5. The first-order valence-corrected chi connectivity index (χ1v) is 13.5. The molecule has 0 radical (unpaired) electrons. The molecular formula is C32H36N2O6. The summed E-state index contributed by atoms with van der Waals surface area (Å²) in [5.41, 5.74) is 5.40. The Labute approximate surface area is 234 Å². The van der Waals surface area contributed by atoms with Crippen LogP contribution in [-0.4, -0.2) is 48.4 Å². The zero-order valence-corrected chi connectivity index (χ0v) is 23.0. The quantitative estimate of drug-likeness (QED) is 0.297. The van der Waals surface area contributed by atoms with Crippen LogP contribution in [0.2, 0.25) is 0 Å². The van der Waals surface area contributed by atoms with Gasteiger partial charge in [-0.2, -0.15) is 0 Å². The standard InChI is InChI=1S/C32H36N2O6/c1-20(2)27(30(35)34-29(31(36)37)21(3)39-18-22-11-5-4-6-12-22)17-33-32(38)40-19-28-25-15-9-7-13-23(25)24-14-8-10-16-26(24)28/h4-16,20-21,27-29H,17-19H2,1-3H3,(H,33,38)(H,34,35)(H,36,37). The van der Waals surface area contributed by atoms with E-state index in [1.54, 1.807) is 6.92 Å². The third-order valence-electron chi connectivity index (χ3n) is 7.34. The van der Waals surface area contributed by atoms with Gasteiger partial charge in [0.25, 0.3) is 0 Å². The molecule has 1 aliphatic rings. The van der Waals surface area contributed by atoms with Gasteiger partial charge in [0.2, 0.25) is 5.91 Å². The molecule has 8 nitrogen and oxygen atoms in total. The average molecular weight is 545 g/mol. The van der Waals surface area contributed by atoms with Crippen LogP contribution < -0.4 is 10.6 Å². The summed E-state index contributed by atoms with van der Waals surface area (Å²) in [7, 11) is 0. The lowest BCUT2D eigenvalue weighted by Crippen LogP contribution is -2.52. The van der Waals surface area contributed by atoms with E-state index in [1.165, 1.54) is 0 Å². The molecule has 3 unspecified atom stereocenters. The minimum atomic E-state index is -1.24. The Morgan fingerprint density at radius 2 is 1.43 bits per heavy atom. The van der Waals surface area contributed by atoms with Crippen LogP contribution in [0.25, 0.3) is 11.1 Å². The second-order valence-electron chi connectivity index (χ2n) is 10.4. The molecule has 3 aromatic rings. The predicted molar refractivity (Wildman–Crippen MR) is 152 cm³/mol. The SMILES string of the molecule is CC(C)C(CNC(=O)OCC1c2ccccc2-c2ccccc21)C(=O)NC(C(=O)O)C(C)OCc1ccccc1. The molecule has 3 atom stereocenters. The van der Waals surface area contributed by atoms with Crippen molar-refractivity contribution >= 4 is 18.0 Å². The Hall–Kier alpha value is -4.17. The summed E-state index contributed by atoms with van der Waals surface area (Å²) in [4.78, 5) is 37.7. The lowest BCUT2D eigenvalue weighted by atomic mass is 9.94. The van der Waals surface area contributed by atoms with Crippen molar-refractivity contribution in [2.24, 2.45) is 11.8 Å². The van der Waals surface area contributed by atoms with Crippen molar-refractivity contribution in [2.75, 3.05) is 13.2 Å². The normalized spacial score (nSPS) is 14.5. The number of ether oxygens (including phenoxy) is 2. The van der Waals surface area contributed by atoms with Gasteiger partial charge in [0.15, 0.2) is 6.04 Å². The van der Waals surface area contributed by atoms with Crippen molar-refractivity contribution in [2.45, 2.75) is 45.4 Å². The first-order valence-electron chi connectivity index (χ1n) is 13.5. The van der Waals surface area contributed by atoms with E-state index in [4.69, 9.17) is 9.47 Å². The second-order valence-corrected chi connectivity index (χ2v) is 10.4. The molecule has 0 heterocycles. The largest absolute Gasteiger partial charge is 0.480 e. The Balaban J connectivity index is 1.31. The molecule has 0 spiro atoms. The lowest BCUT2D eigenvalue weighted by molar-refractivity contribution is -0.147. The van der Waals surface area contributed by atoms with Gasteiger partial charge >= 0.3 is 12.1 Å². The van der Waals surface area contributed by atoms with E-state index in [9.17, 15) is 19.5 Å². The highest BCUT2D eigenvalue weighted by Crippen LogP contribution is 2.44. The highest BCUT2D eigenvalue weighted by molar-refractivity contribution is 5.86. The van der Waals surface area contributed by atoms with Crippen molar-refractivity contribution in [1.29, 1.82) is 0 Å². The van der Waals surface area contributed by atoms with Crippen molar-refractivity contribution in [1.82, 2.24) is 10.6 Å². The highest BCUT2D eigenvalue weighted by Gasteiger charge is 2.32. The Morgan fingerprint density at radius 3 is 2.00 bits per heavy atom. The fourth-order valence-corrected chi connectivity index (χ4v) is 5.01. The molecule has 3 aromatic carbocycles. The topological polar surface area (TPSA) is 114 Å². The molecule has 1 aliphatic carbocycles. The van der Waals surface area contributed by atoms with E-state index in [-0.39, 0.29) is 31.6 Å². The predicted octanol–water partition coefficient (Wildman–Crippen LogP) is 4.97. The molecule has 0 saturated carbocycles. The van der Waals surface area contributed by atoms with Crippen LogP contribution in [0.4, 0.5) is 4.79 Å². The molecule has 0 aromatic heterocycles. The number of alkyl carbamates (subject to hydrolysis) is 1. The van der Waals surface area contributed by atoms with Crippen LogP contribution in [0.5, 0.6) is 0 Å². The number of carbonyl (C=O) groups is 3. The monoisotopic (exact) mass is 544 g/mol. The summed E-state index contributed by atoms with van der Waals surface area (Å²) in [6, 6.07) is 24.3. The summed E-state index contributed by atoms with van der Waals surface area (Å²) in [5.74, 6) is -2.57. The number of hydrogen-bond acceptors (Lipinski definition) is 5. The van der Waals surface area contributed by atoms with E-state index in [2.05, 4.69) is 22.8 Å². The molecule has 0 bridgehead atoms. The van der Waals surface area contributed by atoms with Crippen molar-refractivity contribution in [3.05, 3.63) is 95.6 Å². The number of rotatable bonds is 12. The van der Waals surface area contributed by atoms with Crippen molar-refractivity contribution in [3.63, 3.8) is 0 Å². The van der Waals surface area contributed by atoms with Gasteiger partial charge in [-0.15, -0.1) is 0 Å². The molecule has 0 saturated heterocycles. The van der Waals surface area contributed by atoms with Crippen molar-refractivity contribution < 1.29 is 29.0 Å². The molecule has 2 amide bonds. The summed E-state index contributed by atoms with van der Waals surface area (Å²) in [5, 5.41) is 15.1. The molecule has 0 aliphatic heterocycles. The summed E-state index contributed by atoms with van der Waals surface area (Å²) in [6.07, 6.45) is -1.40. The fraction of sp³-hybridized carbons (Fsp3) is 0.344. The first-order chi connectivity index (χ1) is 19.3. The maximum atomic E-state index is 13.1. The van der Waals surface area contributed by atoms with Crippen LogP contribution in [0.15, 0.2) is 78.9 Å². The minimum absolute atomic E-state index is 0.00572. The first kappa shape index (κ1) is 28.8. The summed E-state index contributed by atoms with van der Waals surface area (Å²) >= 11 is 0. The molecule has 0 fully saturated rings. The minimum Gasteiger partial charge on any atom is -0.480 e. The maximum Gasteiger partial charge on any atom is 0.407 e. The molecule has 4 rings (SSSR count). The number of aliphatic carboxylic acids is 1. The Morgan fingerprint density at radius 1 is 0.850 bits per heavy atom. The zero-order valence-electron chi connectivity index (χ0n) is 23.0. The molecule has 210 valence electrons. The van der Waals surface area contributed by atoms with E-state index >= 15 is 0 Å². The number of amides is 2. The van der Waals surface area contributed by atoms with Gasteiger partial charge < -0.3 is 25.2 Å². The van der Waals surface area contributed by atoms with Crippen LogP contribution in [-0.2, 0) is 25.7 Å². The number of carboxylic acids is 1. The van der Waals surface area contributed by atoms with Crippen molar-refractivity contribution in [3.8, 4) is 11.1 Å². The number of hydrogen-bond donors (Lipinski definition) is 3. The third kappa shape index (κ3) is 6.87. The molecule has 40 heavy (non-hydrogen) atoms. The Bertz CT molecular complexity index is 1280. The van der Waals surface area contributed by atoms with Gasteiger partial charge in [-0.05, 0) is 40.7 Å². The van der Waals surface area contributed by atoms with Gasteiger partial charge in [0, 0.05) is 12.5 Å². The molecule has 3 N–H and O–H groups in total. The van der Waals surface area contributed by atoms with Crippen LogP contribution in [0.1, 0.15) is 43.4 Å². The summed E-state index contributed by atoms with van der Waals surface area (Å²) < 4.78 is 11.3.